The molecule has 0 fully saturated rings. The quantitative estimate of drug-likeness (QED) is 0.713. The number of hydrogen-bond acceptors (Lipinski definition) is 7. The molecular weight excluding hydrogens is 342 g/mol. The van der Waals surface area contributed by atoms with Gasteiger partial charge in [-0.2, -0.15) is 5.10 Å². The van der Waals surface area contributed by atoms with Crippen molar-refractivity contribution < 1.29 is 4.74 Å². The summed E-state index contributed by atoms with van der Waals surface area (Å²) in [7, 11) is 1.66. The minimum atomic E-state index is 0.373. The molecular formula is C19H23N7O. The Morgan fingerprint density at radius 2 is 1.93 bits per heavy atom. The van der Waals surface area contributed by atoms with Crippen LogP contribution in [-0.4, -0.2) is 49.8 Å². The maximum absolute atomic E-state index is 5.42. The predicted octanol–water partition coefficient (Wildman–Crippen LogP) is 1.82. The summed E-state index contributed by atoms with van der Waals surface area (Å²) in [4.78, 5) is 15.2. The predicted molar refractivity (Wildman–Crippen MR) is 101 cm³/mol. The molecule has 8 heteroatoms. The van der Waals surface area contributed by atoms with E-state index in [9.17, 15) is 0 Å². The molecule has 0 bridgehead atoms. The maximum atomic E-state index is 5.42. The first-order valence-electron chi connectivity index (χ1n) is 9.03. The molecule has 3 aromatic heterocycles. The largest absolute Gasteiger partial charge is 0.481 e. The van der Waals surface area contributed by atoms with Crippen molar-refractivity contribution in [2.45, 2.75) is 19.6 Å². The number of hydrogen-bond donors (Lipinski definition) is 1. The van der Waals surface area contributed by atoms with Gasteiger partial charge in [0.05, 0.1) is 12.8 Å². The van der Waals surface area contributed by atoms with Gasteiger partial charge in [-0.25, -0.2) is 15.0 Å². The lowest BCUT2D eigenvalue weighted by Gasteiger charge is -2.24. The summed E-state index contributed by atoms with van der Waals surface area (Å²) in [5.74, 6) is 1.71. The van der Waals surface area contributed by atoms with Gasteiger partial charge >= 0.3 is 0 Å². The molecule has 4 heterocycles. The highest BCUT2D eigenvalue weighted by Crippen LogP contribution is 2.21. The Balaban J connectivity index is 1.49. The molecule has 1 N–H and O–H groups in total. The number of ether oxygens (including phenoxy) is 1. The van der Waals surface area contributed by atoms with Gasteiger partial charge in [0, 0.05) is 69.0 Å². The third-order valence-corrected chi connectivity index (χ3v) is 4.69. The Morgan fingerprint density at radius 1 is 1.07 bits per heavy atom. The molecule has 8 nitrogen and oxygen atoms in total. The first kappa shape index (κ1) is 17.4. The maximum Gasteiger partial charge on any atom is 0.222 e. The van der Waals surface area contributed by atoms with Gasteiger partial charge in [0.1, 0.15) is 0 Å². The molecule has 1 aliphatic rings. The number of fused-ring (bicyclic) bond motifs is 1. The number of rotatable bonds is 6. The minimum absolute atomic E-state index is 0.373. The molecule has 1 unspecified atom stereocenters. The summed E-state index contributed by atoms with van der Waals surface area (Å²) in [5, 5.41) is 7.84. The highest BCUT2D eigenvalue weighted by Gasteiger charge is 2.23. The number of methoxy groups -OCH3 is 1. The Bertz CT molecular complexity index is 867. The molecule has 0 spiro atoms. The van der Waals surface area contributed by atoms with Crippen molar-refractivity contribution in [1.29, 1.82) is 0 Å². The molecule has 0 aromatic carbocycles. The van der Waals surface area contributed by atoms with Crippen LogP contribution in [0.1, 0.15) is 11.3 Å². The Hall–Kier alpha value is -3.00. The molecule has 0 amide bonds. The summed E-state index contributed by atoms with van der Waals surface area (Å²) in [6.45, 7) is 4.20. The first-order chi connectivity index (χ1) is 13.3. The molecule has 140 valence electrons. The topological polar surface area (TPSA) is 81.0 Å². The van der Waals surface area contributed by atoms with Crippen LogP contribution in [0.2, 0.25) is 0 Å². The van der Waals surface area contributed by atoms with Gasteiger partial charge < -0.3 is 10.1 Å². The van der Waals surface area contributed by atoms with E-state index in [1.807, 2.05) is 18.3 Å². The van der Waals surface area contributed by atoms with E-state index in [1.165, 1.54) is 5.69 Å². The summed E-state index contributed by atoms with van der Waals surface area (Å²) >= 11 is 0. The van der Waals surface area contributed by atoms with Crippen molar-refractivity contribution in [3.63, 3.8) is 0 Å². The van der Waals surface area contributed by atoms with Crippen LogP contribution in [0, 0.1) is 5.92 Å². The zero-order valence-electron chi connectivity index (χ0n) is 15.3. The standard InChI is InChI=1S/C19H23N7O/c1-27-18-16(4-2-6-20-18)13-25-11-15(10-23-19-21-7-3-8-22-19)12-26-17(14-25)5-9-24-26/h2-9,15H,10-14H2,1H3,(H,21,22,23). The third-order valence-electron chi connectivity index (χ3n) is 4.69. The molecule has 3 aromatic rings. The SMILES string of the molecule is COc1ncccc1CN1Cc2ccnn2CC(CNc2ncccn2)C1. The Kier molecular flexibility index (Phi) is 5.24. The molecule has 0 aliphatic carbocycles. The average Bonchev–Trinajstić information content (AvgIpc) is 3.06. The normalized spacial score (nSPS) is 17.1. The molecule has 1 aliphatic heterocycles. The van der Waals surface area contributed by atoms with Crippen LogP contribution in [0.5, 0.6) is 5.88 Å². The van der Waals surface area contributed by atoms with Crippen LogP contribution < -0.4 is 10.1 Å². The fraction of sp³-hybridized carbons (Fsp3) is 0.368. The van der Waals surface area contributed by atoms with Gasteiger partial charge in [-0.05, 0) is 18.2 Å². The summed E-state index contributed by atoms with van der Waals surface area (Å²) < 4.78 is 7.52. The second kappa shape index (κ2) is 8.13. The lowest BCUT2D eigenvalue weighted by atomic mass is 10.1. The van der Waals surface area contributed by atoms with Crippen LogP contribution in [0.4, 0.5) is 5.95 Å². The van der Waals surface area contributed by atoms with E-state index in [2.05, 4.69) is 47.1 Å². The number of pyridine rings is 1. The summed E-state index contributed by atoms with van der Waals surface area (Å²) in [5.41, 5.74) is 2.31. The minimum Gasteiger partial charge on any atom is -0.481 e. The first-order valence-corrected chi connectivity index (χ1v) is 9.03. The van der Waals surface area contributed by atoms with E-state index in [4.69, 9.17) is 4.74 Å². The van der Waals surface area contributed by atoms with Crippen molar-refractivity contribution in [3.8, 4) is 5.88 Å². The zero-order chi connectivity index (χ0) is 18.5. The highest BCUT2D eigenvalue weighted by molar-refractivity contribution is 5.25. The van der Waals surface area contributed by atoms with Gasteiger partial charge in [-0.3, -0.25) is 9.58 Å². The van der Waals surface area contributed by atoms with E-state index < -0.39 is 0 Å². The van der Waals surface area contributed by atoms with Gasteiger partial charge in [-0.15, -0.1) is 0 Å². The second-order valence-electron chi connectivity index (χ2n) is 6.67. The molecule has 1 atom stereocenters. The zero-order valence-corrected chi connectivity index (χ0v) is 15.3. The van der Waals surface area contributed by atoms with Crippen LogP contribution in [0.15, 0.2) is 49.1 Å². The number of aromatic nitrogens is 5. The van der Waals surface area contributed by atoms with Crippen molar-refractivity contribution in [2.24, 2.45) is 5.92 Å². The number of nitrogens with zero attached hydrogens (tertiary/aromatic N) is 6. The second-order valence-corrected chi connectivity index (χ2v) is 6.67. The number of anilines is 1. The molecule has 0 saturated carbocycles. The lowest BCUT2D eigenvalue weighted by Crippen LogP contribution is -2.31. The van der Waals surface area contributed by atoms with Crippen molar-refractivity contribution >= 4 is 5.95 Å². The van der Waals surface area contributed by atoms with Crippen LogP contribution in [0.3, 0.4) is 0 Å². The van der Waals surface area contributed by atoms with E-state index in [0.29, 0.717) is 17.7 Å². The Morgan fingerprint density at radius 3 is 2.78 bits per heavy atom. The molecule has 27 heavy (non-hydrogen) atoms. The summed E-state index contributed by atoms with van der Waals surface area (Å²) in [6, 6.07) is 7.92. The average molecular weight is 365 g/mol. The smallest absolute Gasteiger partial charge is 0.222 e. The van der Waals surface area contributed by atoms with Gasteiger partial charge in [0.25, 0.3) is 0 Å². The lowest BCUT2D eigenvalue weighted by molar-refractivity contribution is 0.222. The van der Waals surface area contributed by atoms with Crippen LogP contribution in [0.25, 0.3) is 0 Å². The van der Waals surface area contributed by atoms with Crippen LogP contribution >= 0.6 is 0 Å². The van der Waals surface area contributed by atoms with Gasteiger partial charge in [0.2, 0.25) is 11.8 Å². The molecule has 0 saturated heterocycles. The number of nitrogens with one attached hydrogen (secondary N) is 1. The highest BCUT2D eigenvalue weighted by atomic mass is 16.5. The third kappa shape index (κ3) is 4.22. The van der Waals surface area contributed by atoms with E-state index in [-0.39, 0.29) is 0 Å². The van der Waals surface area contributed by atoms with Gasteiger partial charge in [0.15, 0.2) is 0 Å². The van der Waals surface area contributed by atoms with E-state index in [0.717, 1.165) is 38.3 Å². The molecule has 0 radical (unpaired) electrons. The summed E-state index contributed by atoms with van der Waals surface area (Å²) in [6.07, 6.45) is 7.12. The van der Waals surface area contributed by atoms with Crippen LogP contribution in [-0.2, 0) is 19.6 Å². The van der Waals surface area contributed by atoms with E-state index in [1.54, 1.807) is 25.7 Å². The van der Waals surface area contributed by atoms with Crippen molar-refractivity contribution in [1.82, 2.24) is 29.6 Å². The monoisotopic (exact) mass is 365 g/mol. The van der Waals surface area contributed by atoms with Crippen molar-refractivity contribution in [3.05, 3.63) is 60.3 Å². The Labute approximate surface area is 158 Å². The van der Waals surface area contributed by atoms with E-state index >= 15 is 0 Å². The fourth-order valence-electron chi connectivity index (χ4n) is 3.46. The molecule has 4 rings (SSSR count). The van der Waals surface area contributed by atoms with Gasteiger partial charge in [-0.1, -0.05) is 6.07 Å². The fourth-order valence-corrected chi connectivity index (χ4v) is 3.46. The van der Waals surface area contributed by atoms with Crippen molar-refractivity contribution in [2.75, 3.05) is 25.5 Å².